The maximum Gasteiger partial charge on any atom is 0.416 e. The van der Waals surface area contributed by atoms with Gasteiger partial charge in [-0.1, -0.05) is 18.2 Å². The average Bonchev–Trinajstić information content (AvgIpc) is 2.51. The number of amides is 1. The van der Waals surface area contributed by atoms with Gasteiger partial charge in [0.25, 0.3) is 0 Å². The van der Waals surface area contributed by atoms with Gasteiger partial charge in [0, 0.05) is 12.3 Å². The summed E-state index contributed by atoms with van der Waals surface area (Å²) in [5.74, 6) is -0.338. The van der Waals surface area contributed by atoms with E-state index in [1.807, 2.05) is 19.1 Å². The van der Waals surface area contributed by atoms with E-state index in [1.54, 1.807) is 6.20 Å². The molecule has 1 aromatic heterocycles. The van der Waals surface area contributed by atoms with Crippen LogP contribution < -0.4 is 5.32 Å². The second-order valence-corrected chi connectivity index (χ2v) is 4.94. The summed E-state index contributed by atoms with van der Waals surface area (Å²) in [7, 11) is 0. The molecule has 0 unspecified atom stereocenters. The lowest BCUT2D eigenvalue weighted by Crippen LogP contribution is -2.21. The minimum absolute atomic E-state index is 0.295. The lowest BCUT2D eigenvalue weighted by Gasteiger charge is -2.06. The number of rotatable bonds is 4. The summed E-state index contributed by atoms with van der Waals surface area (Å²) < 4.78 is 37.3. The van der Waals surface area contributed by atoms with Crippen molar-refractivity contribution in [1.82, 2.24) is 10.3 Å². The third-order valence-corrected chi connectivity index (χ3v) is 3.21. The first-order chi connectivity index (χ1) is 10.9. The van der Waals surface area contributed by atoms with Crippen LogP contribution >= 0.6 is 0 Å². The van der Waals surface area contributed by atoms with Crippen LogP contribution in [0.2, 0.25) is 0 Å². The Balaban J connectivity index is 1.92. The molecule has 6 heteroatoms. The first kappa shape index (κ1) is 16.7. The SMILES string of the molecule is Cc1cccnc1CNC(=O)/C=C/c1ccc(C(F)(F)F)cc1. The van der Waals surface area contributed by atoms with Gasteiger partial charge in [-0.3, -0.25) is 9.78 Å². The van der Waals surface area contributed by atoms with Gasteiger partial charge in [0.2, 0.25) is 5.91 Å². The van der Waals surface area contributed by atoms with E-state index in [4.69, 9.17) is 0 Å². The zero-order valence-corrected chi connectivity index (χ0v) is 12.4. The third kappa shape index (κ3) is 4.95. The lowest BCUT2D eigenvalue weighted by molar-refractivity contribution is -0.137. The number of benzene rings is 1. The van der Waals surface area contributed by atoms with Gasteiger partial charge < -0.3 is 5.32 Å². The molecule has 0 saturated heterocycles. The van der Waals surface area contributed by atoms with Gasteiger partial charge in [0.05, 0.1) is 17.8 Å². The first-order valence-electron chi connectivity index (χ1n) is 6.90. The zero-order valence-electron chi connectivity index (χ0n) is 12.4. The molecule has 3 nitrogen and oxygen atoms in total. The number of aromatic nitrogens is 1. The molecule has 120 valence electrons. The highest BCUT2D eigenvalue weighted by Gasteiger charge is 2.29. The molecule has 1 aromatic carbocycles. The molecule has 0 fully saturated rings. The van der Waals surface area contributed by atoms with Crippen LogP contribution in [0.4, 0.5) is 13.2 Å². The number of hydrogen-bond acceptors (Lipinski definition) is 2. The van der Waals surface area contributed by atoms with Crippen LogP contribution in [0, 0.1) is 6.92 Å². The van der Waals surface area contributed by atoms with E-state index < -0.39 is 11.7 Å². The predicted octanol–water partition coefficient (Wildman–Crippen LogP) is 3.74. The molecular formula is C17H15F3N2O. The van der Waals surface area contributed by atoms with E-state index in [2.05, 4.69) is 10.3 Å². The van der Waals surface area contributed by atoms with Gasteiger partial charge in [-0.2, -0.15) is 13.2 Å². The third-order valence-electron chi connectivity index (χ3n) is 3.21. The molecule has 0 aliphatic carbocycles. The fraction of sp³-hybridized carbons (Fsp3) is 0.176. The van der Waals surface area contributed by atoms with Gasteiger partial charge in [0.1, 0.15) is 0 Å². The number of nitrogens with one attached hydrogen (secondary N) is 1. The Morgan fingerprint density at radius 1 is 1.22 bits per heavy atom. The number of pyridine rings is 1. The van der Waals surface area contributed by atoms with Gasteiger partial charge in [-0.25, -0.2) is 0 Å². The fourth-order valence-electron chi connectivity index (χ4n) is 1.89. The first-order valence-corrected chi connectivity index (χ1v) is 6.90. The number of carbonyl (C=O) groups is 1. The summed E-state index contributed by atoms with van der Waals surface area (Å²) in [4.78, 5) is 15.9. The number of nitrogens with zero attached hydrogens (tertiary/aromatic N) is 1. The van der Waals surface area contributed by atoms with Gasteiger partial charge in [-0.15, -0.1) is 0 Å². The minimum Gasteiger partial charge on any atom is -0.347 e. The standard InChI is InChI=1S/C17H15F3N2O/c1-12-3-2-10-21-15(12)11-22-16(23)9-6-13-4-7-14(8-5-13)17(18,19)20/h2-10H,11H2,1H3,(H,22,23)/b9-6+. The van der Waals surface area contributed by atoms with Crippen LogP contribution in [-0.2, 0) is 17.5 Å². The summed E-state index contributed by atoms with van der Waals surface area (Å²) in [6, 6.07) is 8.30. The number of hydrogen-bond donors (Lipinski definition) is 1. The van der Waals surface area contributed by atoms with Crippen molar-refractivity contribution in [2.45, 2.75) is 19.6 Å². The molecule has 0 aliphatic heterocycles. The van der Waals surface area contributed by atoms with Crippen LogP contribution in [0.5, 0.6) is 0 Å². The number of alkyl halides is 3. The second kappa shape index (κ2) is 7.09. The molecule has 23 heavy (non-hydrogen) atoms. The predicted molar refractivity (Wildman–Crippen MR) is 81.3 cm³/mol. The normalized spacial score (nSPS) is 11.7. The Kier molecular flexibility index (Phi) is 5.16. The molecule has 1 N–H and O–H groups in total. The molecular weight excluding hydrogens is 305 g/mol. The van der Waals surface area contributed by atoms with Crippen molar-refractivity contribution < 1.29 is 18.0 Å². The Morgan fingerprint density at radius 3 is 2.52 bits per heavy atom. The van der Waals surface area contributed by atoms with E-state index in [-0.39, 0.29) is 5.91 Å². The maximum atomic E-state index is 12.4. The minimum atomic E-state index is -4.36. The van der Waals surface area contributed by atoms with Crippen molar-refractivity contribution in [3.8, 4) is 0 Å². The van der Waals surface area contributed by atoms with Crippen LogP contribution in [0.3, 0.4) is 0 Å². The van der Waals surface area contributed by atoms with Gasteiger partial charge >= 0.3 is 6.18 Å². The Hall–Kier alpha value is -2.63. The number of carbonyl (C=O) groups excluding carboxylic acids is 1. The Morgan fingerprint density at radius 2 is 1.91 bits per heavy atom. The largest absolute Gasteiger partial charge is 0.416 e. The van der Waals surface area contributed by atoms with Crippen LogP contribution in [0.1, 0.15) is 22.4 Å². The van der Waals surface area contributed by atoms with Crippen molar-refractivity contribution in [1.29, 1.82) is 0 Å². The summed E-state index contributed by atoms with van der Waals surface area (Å²) >= 11 is 0. The summed E-state index contributed by atoms with van der Waals surface area (Å²) in [5, 5.41) is 2.68. The van der Waals surface area contributed by atoms with E-state index in [9.17, 15) is 18.0 Å². The monoisotopic (exact) mass is 320 g/mol. The molecule has 0 atom stereocenters. The fourth-order valence-corrected chi connectivity index (χ4v) is 1.89. The summed E-state index contributed by atoms with van der Waals surface area (Å²) in [5.41, 5.74) is 1.54. The van der Waals surface area contributed by atoms with Crippen LogP contribution in [-0.4, -0.2) is 10.9 Å². The van der Waals surface area contributed by atoms with Crippen molar-refractivity contribution in [2.24, 2.45) is 0 Å². The lowest BCUT2D eigenvalue weighted by atomic mass is 10.1. The van der Waals surface area contributed by atoms with Crippen molar-refractivity contribution in [3.63, 3.8) is 0 Å². The van der Waals surface area contributed by atoms with Crippen LogP contribution in [0.25, 0.3) is 6.08 Å². The summed E-state index contributed by atoms with van der Waals surface area (Å²) in [6.07, 6.45) is 0.0222. The van der Waals surface area contributed by atoms with Gasteiger partial charge in [0.15, 0.2) is 0 Å². The highest BCUT2D eigenvalue weighted by molar-refractivity contribution is 5.91. The molecule has 2 aromatic rings. The average molecular weight is 320 g/mol. The van der Waals surface area contributed by atoms with E-state index in [0.29, 0.717) is 12.1 Å². The van der Waals surface area contributed by atoms with E-state index >= 15 is 0 Å². The molecule has 2 rings (SSSR count). The molecule has 1 heterocycles. The van der Waals surface area contributed by atoms with E-state index in [1.165, 1.54) is 24.3 Å². The van der Waals surface area contributed by atoms with Crippen molar-refractivity contribution in [3.05, 3.63) is 71.1 Å². The molecule has 0 bridgehead atoms. The molecule has 0 saturated carbocycles. The van der Waals surface area contributed by atoms with E-state index in [0.717, 1.165) is 23.4 Å². The second-order valence-electron chi connectivity index (χ2n) is 4.94. The highest BCUT2D eigenvalue weighted by Crippen LogP contribution is 2.29. The Labute approximate surface area is 131 Å². The number of aryl methyl sites for hydroxylation is 1. The molecule has 0 radical (unpaired) electrons. The van der Waals surface area contributed by atoms with Crippen LogP contribution in [0.15, 0.2) is 48.7 Å². The number of halogens is 3. The summed E-state index contributed by atoms with van der Waals surface area (Å²) in [6.45, 7) is 2.19. The quantitative estimate of drug-likeness (QED) is 0.872. The smallest absolute Gasteiger partial charge is 0.347 e. The van der Waals surface area contributed by atoms with Crippen molar-refractivity contribution >= 4 is 12.0 Å². The van der Waals surface area contributed by atoms with Crippen molar-refractivity contribution in [2.75, 3.05) is 0 Å². The Bertz CT molecular complexity index is 707. The topological polar surface area (TPSA) is 42.0 Å². The van der Waals surface area contributed by atoms with Gasteiger partial charge in [-0.05, 0) is 42.3 Å². The molecule has 0 spiro atoms. The highest BCUT2D eigenvalue weighted by atomic mass is 19.4. The zero-order chi connectivity index (χ0) is 16.9. The molecule has 1 amide bonds. The molecule has 0 aliphatic rings. The maximum absolute atomic E-state index is 12.4.